The molecule has 0 aliphatic carbocycles. The molecule has 0 aromatic heterocycles. The molecule has 0 fully saturated rings. The third-order valence-electron chi connectivity index (χ3n) is 3.71. The summed E-state index contributed by atoms with van der Waals surface area (Å²) in [4.78, 5) is 0.179. The molecule has 0 bridgehead atoms. The lowest BCUT2D eigenvalue weighted by molar-refractivity contribution is 0.287. The summed E-state index contributed by atoms with van der Waals surface area (Å²) in [6.07, 6.45) is 0. The van der Waals surface area contributed by atoms with E-state index in [9.17, 15) is 8.42 Å². The van der Waals surface area contributed by atoms with Crippen LogP contribution in [-0.2, 0) is 15.8 Å². The summed E-state index contributed by atoms with van der Waals surface area (Å²) in [5.74, 6) is 2.55. The lowest BCUT2D eigenvalue weighted by Crippen LogP contribution is -2.26. The Morgan fingerprint density at radius 1 is 1.00 bits per heavy atom. The van der Waals surface area contributed by atoms with Crippen LogP contribution in [0.1, 0.15) is 25.0 Å². The average Bonchev–Trinajstić information content (AvgIpc) is 2.63. The molecule has 0 amide bonds. The summed E-state index contributed by atoms with van der Waals surface area (Å²) >= 11 is 1.70. The first-order valence-corrected chi connectivity index (χ1v) is 11.6. The Hall–Kier alpha value is -1.70. The van der Waals surface area contributed by atoms with Crippen molar-refractivity contribution in [2.24, 2.45) is 0 Å². The normalized spacial score (nSPS) is 11.4. The van der Waals surface area contributed by atoms with Gasteiger partial charge in [-0.1, -0.05) is 29.8 Å². The number of ether oxygens (including phenoxy) is 2. The highest BCUT2D eigenvalue weighted by Gasteiger charge is 2.17. The van der Waals surface area contributed by atoms with Gasteiger partial charge in [-0.05, 0) is 38.5 Å². The van der Waals surface area contributed by atoms with Gasteiger partial charge in [0.1, 0.15) is 0 Å². The summed E-state index contributed by atoms with van der Waals surface area (Å²) < 4.78 is 38.7. The number of hydrogen-bond donors (Lipinski definition) is 1. The van der Waals surface area contributed by atoms with Crippen LogP contribution in [0.3, 0.4) is 0 Å². The van der Waals surface area contributed by atoms with E-state index in [1.54, 1.807) is 17.8 Å². The van der Waals surface area contributed by atoms with Crippen LogP contribution >= 0.6 is 11.8 Å². The monoisotopic (exact) mass is 409 g/mol. The molecule has 2 rings (SSSR count). The molecule has 148 valence electrons. The van der Waals surface area contributed by atoms with Crippen molar-refractivity contribution in [2.75, 3.05) is 25.5 Å². The van der Waals surface area contributed by atoms with Crippen LogP contribution in [0.15, 0.2) is 47.4 Å². The number of benzene rings is 2. The van der Waals surface area contributed by atoms with E-state index in [-0.39, 0.29) is 4.90 Å². The highest BCUT2D eigenvalue weighted by atomic mass is 32.2. The van der Waals surface area contributed by atoms with E-state index in [4.69, 9.17) is 9.47 Å². The van der Waals surface area contributed by atoms with Crippen LogP contribution < -0.4 is 14.2 Å². The Kier molecular flexibility index (Phi) is 8.47. The quantitative estimate of drug-likeness (QED) is 0.568. The van der Waals surface area contributed by atoms with Crippen LogP contribution in [0, 0.1) is 6.92 Å². The molecule has 0 saturated heterocycles. The molecule has 0 aliphatic rings. The second kappa shape index (κ2) is 10.6. The minimum Gasteiger partial charge on any atom is -0.490 e. The van der Waals surface area contributed by atoms with Crippen molar-refractivity contribution in [1.29, 1.82) is 0 Å². The Balaban J connectivity index is 1.90. The molecule has 1 N–H and O–H groups in total. The van der Waals surface area contributed by atoms with Gasteiger partial charge in [-0.3, -0.25) is 0 Å². The summed E-state index contributed by atoms with van der Waals surface area (Å²) in [7, 11) is -3.58. The molecule has 2 aromatic carbocycles. The fourth-order valence-corrected chi connectivity index (χ4v) is 4.50. The zero-order valence-corrected chi connectivity index (χ0v) is 17.7. The van der Waals surface area contributed by atoms with Gasteiger partial charge in [-0.15, -0.1) is 0 Å². The molecule has 7 heteroatoms. The van der Waals surface area contributed by atoms with E-state index in [2.05, 4.69) is 29.8 Å². The maximum atomic E-state index is 12.5. The van der Waals surface area contributed by atoms with E-state index in [1.807, 2.05) is 19.9 Å². The molecule has 0 unspecified atom stereocenters. The summed E-state index contributed by atoms with van der Waals surface area (Å²) in [5.41, 5.74) is 2.48. The molecule has 0 aliphatic heterocycles. The standard InChI is InChI=1S/C20H27NO4S2/c1-4-24-19-10-9-18(14-20(19)25-5-2)27(22,23)21-11-12-26-15-17-8-6-7-16(3)13-17/h6-10,13-14,21H,4-5,11-12,15H2,1-3H3. The molecule has 0 heterocycles. The van der Waals surface area contributed by atoms with E-state index in [0.717, 1.165) is 5.75 Å². The number of rotatable bonds is 11. The van der Waals surface area contributed by atoms with Crippen molar-refractivity contribution in [2.45, 2.75) is 31.4 Å². The van der Waals surface area contributed by atoms with Crippen LogP contribution in [-0.4, -0.2) is 33.9 Å². The lowest BCUT2D eigenvalue weighted by Gasteiger charge is -2.13. The zero-order chi connectivity index (χ0) is 19.7. The largest absolute Gasteiger partial charge is 0.490 e. The fraction of sp³-hybridized carbons (Fsp3) is 0.400. The third-order valence-corrected chi connectivity index (χ3v) is 6.20. The van der Waals surface area contributed by atoms with Crippen LogP contribution in [0.4, 0.5) is 0 Å². The summed E-state index contributed by atoms with van der Waals surface area (Å²) in [5, 5.41) is 0. The second-order valence-electron chi connectivity index (χ2n) is 5.91. The first kappa shape index (κ1) is 21.6. The van der Waals surface area contributed by atoms with Gasteiger partial charge in [0.15, 0.2) is 11.5 Å². The number of hydrogen-bond acceptors (Lipinski definition) is 5. The molecule has 0 saturated carbocycles. The molecule has 5 nitrogen and oxygen atoms in total. The van der Waals surface area contributed by atoms with Gasteiger partial charge < -0.3 is 9.47 Å². The van der Waals surface area contributed by atoms with E-state index in [0.29, 0.717) is 37.0 Å². The number of aryl methyl sites for hydroxylation is 1. The molecule has 0 atom stereocenters. The average molecular weight is 410 g/mol. The van der Waals surface area contributed by atoms with Gasteiger partial charge in [-0.2, -0.15) is 11.8 Å². The summed E-state index contributed by atoms with van der Waals surface area (Å²) in [6, 6.07) is 13.0. The zero-order valence-electron chi connectivity index (χ0n) is 16.0. The van der Waals surface area contributed by atoms with Crippen molar-refractivity contribution in [3.05, 3.63) is 53.6 Å². The Morgan fingerprint density at radius 3 is 2.44 bits per heavy atom. The smallest absolute Gasteiger partial charge is 0.240 e. The maximum absolute atomic E-state index is 12.5. The lowest BCUT2D eigenvalue weighted by atomic mass is 10.2. The van der Waals surface area contributed by atoms with Gasteiger partial charge in [0.2, 0.25) is 10.0 Å². The van der Waals surface area contributed by atoms with Crippen molar-refractivity contribution in [1.82, 2.24) is 4.72 Å². The van der Waals surface area contributed by atoms with E-state index in [1.165, 1.54) is 23.3 Å². The van der Waals surface area contributed by atoms with Crippen molar-refractivity contribution < 1.29 is 17.9 Å². The maximum Gasteiger partial charge on any atom is 0.240 e. The van der Waals surface area contributed by atoms with E-state index < -0.39 is 10.0 Å². The second-order valence-corrected chi connectivity index (χ2v) is 8.79. The first-order chi connectivity index (χ1) is 13.0. The van der Waals surface area contributed by atoms with E-state index >= 15 is 0 Å². The fourth-order valence-electron chi connectivity index (χ4n) is 2.52. The molecule has 2 aromatic rings. The van der Waals surface area contributed by atoms with Crippen molar-refractivity contribution in [3.8, 4) is 11.5 Å². The predicted molar refractivity (Wildman–Crippen MR) is 111 cm³/mol. The predicted octanol–water partition coefficient (Wildman–Crippen LogP) is 4.00. The van der Waals surface area contributed by atoms with Crippen molar-refractivity contribution in [3.63, 3.8) is 0 Å². The van der Waals surface area contributed by atoms with Crippen LogP contribution in [0.25, 0.3) is 0 Å². The van der Waals surface area contributed by atoms with Gasteiger partial charge in [0.05, 0.1) is 18.1 Å². The SMILES string of the molecule is CCOc1ccc(S(=O)(=O)NCCSCc2cccc(C)c2)cc1OCC. The topological polar surface area (TPSA) is 64.6 Å². The molecular weight excluding hydrogens is 382 g/mol. The number of thioether (sulfide) groups is 1. The first-order valence-electron chi connectivity index (χ1n) is 8.99. The third kappa shape index (κ3) is 6.75. The Morgan fingerprint density at radius 2 is 1.74 bits per heavy atom. The molecule has 0 radical (unpaired) electrons. The molecule has 27 heavy (non-hydrogen) atoms. The van der Waals surface area contributed by atoms with Crippen LogP contribution in [0.5, 0.6) is 11.5 Å². The minimum atomic E-state index is -3.58. The minimum absolute atomic E-state index is 0.179. The van der Waals surface area contributed by atoms with Gasteiger partial charge in [0, 0.05) is 24.1 Å². The highest BCUT2D eigenvalue weighted by Crippen LogP contribution is 2.30. The number of sulfonamides is 1. The van der Waals surface area contributed by atoms with Crippen molar-refractivity contribution >= 4 is 21.8 Å². The molecular formula is C20H27NO4S2. The van der Waals surface area contributed by atoms with Gasteiger partial charge in [-0.25, -0.2) is 13.1 Å². The Labute approximate surface area is 166 Å². The molecule has 0 spiro atoms. The van der Waals surface area contributed by atoms with Gasteiger partial charge >= 0.3 is 0 Å². The number of nitrogens with one attached hydrogen (secondary N) is 1. The van der Waals surface area contributed by atoms with Gasteiger partial charge in [0.25, 0.3) is 0 Å². The summed E-state index contributed by atoms with van der Waals surface area (Å²) in [6.45, 7) is 7.08. The van der Waals surface area contributed by atoms with Crippen LogP contribution in [0.2, 0.25) is 0 Å². The Bertz CT molecular complexity index is 838. The highest BCUT2D eigenvalue weighted by molar-refractivity contribution is 7.98.